The zero-order chi connectivity index (χ0) is 8.55. The SMILES string of the molecule is CC(C)C1=C2CCCC=C2N=C1. The fourth-order valence-electron chi connectivity index (χ4n) is 1.91. The third kappa shape index (κ3) is 1.13. The summed E-state index contributed by atoms with van der Waals surface area (Å²) in [5, 5.41) is 0. The molecule has 0 fully saturated rings. The molecule has 0 amide bonds. The average Bonchev–Trinajstić information content (AvgIpc) is 2.47. The highest BCUT2D eigenvalue weighted by Gasteiger charge is 2.19. The van der Waals surface area contributed by atoms with Gasteiger partial charge in [0, 0.05) is 6.21 Å². The van der Waals surface area contributed by atoms with Crippen LogP contribution in [-0.2, 0) is 0 Å². The minimum atomic E-state index is 0.632. The summed E-state index contributed by atoms with van der Waals surface area (Å²) >= 11 is 0. The molecule has 2 aliphatic rings. The first-order valence-electron chi connectivity index (χ1n) is 4.76. The van der Waals surface area contributed by atoms with Gasteiger partial charge in [-0.25, -0.2) is 0 Å². The Bertz CT molecular complexity index is 279. The van der Waals surface area contributed by atoms with Gasteiger partial charge in [0.2, 0.25) is 0 Å². The fraction of sp³-hybridized carbons (Fsp3) is 0.545. The van der Waals surface area contributed by atoms with Crippen molar-refractivity contribution in [2.75, 3.05) is 0 Å². The molecule has 0 radical (unpaired) electrons. The second-order valence-electron chi connectivity index (χ2n) is 3.83. The minimum absolute atomic E-state index is 0.632. The molecule has 0 saturated carbocycles. The van der Waals surface area contributed by atoms with Crippen LogP contribution in [-0.4, -0.2) is 6.21 Å². The summed E-state index contributed by atoms with van der Waals surface area (Å²) in [5.74, 6) is 0.632. The Morgan fingerprint density at radius 2 is 2.25 bits per heavy atom. The highest BCUT2D eigenvalue weighted by Crippen LogP contribution is 2.33. The van der Waals surface area contributed by atoms with E-state index in [2.05, 4.69) is 31.1 Å². The van der Waals surface area contributed by atoms with Crippen molar-refractivity contribution in [2.45, 2.75) is 33.1 Å². The molecule has 0 aromatic heterocycles. The topological polar surface area (TPSA) is 12.4 Å². The van der Waals surface area contributed by atoms with Crippen LogP contribution in [0.15, 0.2) is 27.9 Å². The predicted octanol–water partition coefficient (Wildman–Crippen LogP) is 3.09. The van der Waals surface area contributed by atoms with Crippen LogP contribution >= 0.6 is 0 Å². The Morgan fingerprint density at radius 3 is 3.00 bits per heavy atom. The zero-order valence-corrected chi connectivity index (χ0v) is 7.80. The normalized spacial score (nSPS) is 21.8. The smallest absolute Gasteiger partial charge is 0.0625 e. The lowest BCUT2D eigenvalue weighted by molar-refractivity contribution is 0.755. The van der Waals surface area contributed by atoms with Crippen molar-refractivity contribution >= 4 is 6.21 Å². The van der Waals surface area contributed by atoms with Crippen molar-refractivity contribution < 1.29 is 0 Å². The Balaban J connectivity index is 2.39. The van der Waals surface area contributed by atoms with Gasteiger partial charge in [0.05, 0.1) is 5.70 Å². The number of nitrogens with zero attached hydrogens (tertiary/aromatic N) is 1. The molecule has 0 saturated heterocycles. The van der Waals surface area contributed by atoms with E-state index >= 15 is 0 Å². The molecule has 1 aliphatic heterocycles. The standard InChI is InChI=1S/C11H15N/c1-8(2)10-7-12-11-6-4-3-5-9(10)11/h6-8H,3-5H2,1-2H3. The van der Waals surface area contributed by atoms with Crippen LogP contribution in [0.3, 0.4) is 0 Å². The number of allylic oxidation sites excluding steroid dienone is 3. The van der Waals surface area contributed by atoms with Gasteiger partial charge in [-0.15, -0.1) is 0 Å². The quantitative estimate of drug-likeness (QED) is 0.560. The van der Waals surface area contributed by atoms with Gasteiger partial charge >= 0.3 is 0 Å². The number of hydrogen-bond donors (Lipinski definition) is 0. The molecule has 0 unspecified atom stereocenters. The van der Waals surface area contributed by atoms with Crippen LogP contribution in [0.4, 0.5) is 0 Å². The van der Waals surface area contributed by atoms with Crippen LogP contribution in [0.5, 0.6) is 0 Å². The van der Waals surface area contributed by atoms with Gasteiger partial charge in [0.1, 0.15) is 0 Å². The molecule has 1 nitrogen and oxygen atoms in total. The Morgan fingerprint density at radius 1 is 1.42 bits per heavy atom. The minimum Gasteiger partial charge on any atom is -0.257 e. The van der Waals surface area contributed by atoms with Crippen LogP contribution in [0.2, 0.25) is 0 Å². The maximum absolute atomic E-state index is 4.42. The van der Waals surface area contributed by atoms with Crippen LogP contribution in [0.25, 0.3) is 0 Å². The first-order valence-corrected chi connectivity index (χ1v) is 4.76. The van der Waals surface area contributed by atoms with Crippen molar-refractivity contribution in [3.63, 3.8) is 0 Å². The van der Waals surface area contributed by atoms with E-state index in [1.807, 2.05) is 0 Å². The number of rotatable bonds is 1. The Hall–Kier alpha value is -0.850. The third-order valence-electron chi connectivity index (χ3n) is 2.59. The largest absolute Gasteiger partial charge is 0.257 e. The first-order chi connectivity index (χ1) is 5.79. The lowest BCUT2D eigenvalue weighted by Gasteiger charge is -2.13. The molecule has 1 heterocycles. The van der Waals surface area contributed by atoms with E-state index in [0.717, 1.165) is 0 Å². The van der Waals surface area contributed by atoms with Gasteiger partial charge in [-0.1, -0.05) is 19.9 Å². The summed E-state index contributed by atoms with van der Waals surface area (Å²) < 4.78 is 0. The predicted molar refractivity (Wildman–Crippen MR) is 52.3 cm³/mol. The average molecular weight is 161 g/mol. The monoisotopic (exact) mass is 161 g/mol. The maximum Gasteiger partial charge on any atom is 0.0625 e. The molecule has 12 heavy (non-hydrogen) atoms. The second-order valence-corrected chi connectivity index (χ2v) is 3.83. The van der Waals surface area contributed by atoms with E-state index in [1.165, 1.54) is 36.1 Å². The molecule has 0 N–H and O–H groups in total. The first kappa shape index (κ1) is 7.78. The lowest BCUT2D eigenvalue weighted by Crippen LogP contribution is -1.99. The van der Waals surface area contributed by atoms with Gasteiger partial charge in [0.25, 0.3) is 0 Å². The summed E-state index contributed by atoms with van der Waals surface area (Å²) in [7, 11) is 0. The lowest BCUT2D eigenvalue weighted by atomic mass is 9.92. The summed E-state index contributed by atoms with van der Waals surface area (Å²) in [4.78, 5) is 4.42. The highest BCUT2D eigenvalue weighted by molar-refractivity contribution is 5.86. The second kappa shape index (κ2) is 2.89. The van der Waals surface area contributed by atoms with Gasteiger partial charge in [-0.3, -0.25) is 4.99 Å². The Labute approximate surface area is 73.9 Å². The molecule has 2 rings (SSSR count). The summed E-state index contributed by atoms with van der Waals surface area (Å²) in [6.45, 7) is 4.48. The number of fused-ring (bicyclic) bond motifs is 1. The molecule has 0 spiro atoms. The van der Waals surface area contributed by atoms with Crippen molar-refractivity contribution in [1.29, 1.82) is 0 Å². The van der Waals surface area contributed by atoms with E-state index in [-0.39, 0.29) is 0 Å². The van der Waals surface area contributed by atoms with E-state index in [9.17, 15) is 0 Å². The van der Waals surface area contributed by atoms with E-state index in [4.69, 9.17) is 0 Å². The van der Waals surface area contributed by atoms with Gasteiger partial charge in [-0.2, -0.15) is 0 Å². The summed E-state index contributed by atoms with van der Waals surface area (Å²) in [6.07, 6.45) is 8.07. The van der Waals surface area contributed by atoms with E-state index in [0.29, 0.717) is 5.92 Å². The molecule has 0 aromatic carbocycles. The molecule has 1 aliphatic carbocycles. The molecule has 0 bridgehead atoms. The van der Waals surface area contributed by atoms with Crippen molar-refractivity contribution in [3.8, 4) is 0 Å². The van der Waals surface area contributed by atoms with E-state index in [1.54, 1.807) is 0 Å². The van der Waals surface area contributed by atoms with Crippen molar-refractivity contribution in [2.24, 2.45) is 10.9 Å². The van der Waals surface area contributed by atoms with Crippen LogP contribution in [0.1, 0.15) is 33.1 Å². The van der Waals surface area contributed by atoms with Gasteiger partial charge < -0.3 is 0 Å². The Kier molecular flexibility index (Phi) is 1.87. The number of hydrogen-bond acceptors (Lipinski definition) is 1. The van der Waals surface area contributed by atoms with Gasteiger partial charge in [-0.05, 0) is 36.3 Å². The maximum atomic E-state index is 4.42. The molecular formula is C11H15N. The highest BCUT2D eigenvalue weighted by atomic mass is 14.8. The molecule has 64 valence electrons. The molecule has 0 aromatic rings. The summed E-state index contributed by atoms with van der Waals surface area (Å²) in [5.41, 5.74) is 4.22. The fourth-order valence-corrected chi connectivity index (χ4v) is 1.91. The molecule has 1 heteroatoms. The van der Waals surface area contributed by atoms with Crippen LogP contribution < -0.4 is 0 Å². The molecule has 0 atom stereocenters. The third-order valence-corrected chi connectivity index (χ3v) is 2.59. The number of aliphatic imine (C=N–C) groups is 1. The summed E-state index contributed by atoms with van der Waals surface area (Å²) in [6, 6.07) is 0. The van der Waals surface area contributed by atoms with E-state index < -0.39 is 0 Å². The molecular weight excluding hydrogens is 146 g/mol. The zero-order valence-electron chi connectivity index (χ0n) is 7.80. The van der Waals surface area contributed by atoms with Crippen molar-refractivity contribution in [1.82, 2.24) is 0 Å². The van der Waals surface area contributed by atoms with Crippen molar-refractivity contribution in [3.05, 3.63) is 22.9 Å². The van der Waals surface area contributed by atoms with Gasteiger partial charge in [0.15, 0.2) is 0 Å². The van der Waals surface area contributed by atoms with Crippen LogP contribution in [0, 0.1) is 5.92 Å².